The molecule has 0 spiro atoms. The van der Waals surface area contributed by atoms with Crippen molar-refractivity contribution in [2.24, 2.45) is 0 Å². The van der Waals surface area contributed by atoms with E-state index in [1.807, 2.05) is 0 Å². The Labute approximate surface area is 145 Å². The van der Waals surface area contributed by atoms with Crippen LogP contribution < -0.4 is 9.47 Å². The van der Waals surface area contributed by atoms with Crippen LogP contribution in [0.5, 0.6) is 11.8 Å². The molecule has 0 N–H and O–H groups in total. The topological polar surface area (TPSA) is 98.3 Å². The fourth-order valence-electron chi connectivity index (χ4n) is 2.52. The van der Waals surface area contributed by atoms with Crippen LogP contribution in [0.3, 0.4) is 0 Å². The summed E-state index contributed by atoms with van der Waals surface area (Å²) in [5.41, 5.74) is 0.232. The molecule has 0 atom stereocenters. The smallest absolute Gasteiger partial charge is 0.306 e. The number of ether oxygens (including phenoxy) is 3. The second-order valence-electron chi connectivity index (χ2n) is 5.29. The van der Waals surface area contributed by atoms with Gasteiger partial charge in [-0.2, -0.15) is 4.98 Å². The van der Waals surface area contributed by atoms with E-state index < -0.39 is 11.9 Å². The maximum absolute atomic E-state index is 12.8. The molecule has 0 saturated carbocycles. The van der Waals surface area contributed by atoms with Gasteiger partial charge in [0.2, 0.25) is 17.7 Å². The van der Waals surface area contributed by atoms with Crippen molar-refractivity contribution in [2.45, 2.75) is 19.3 Å². The van der Waals surface area contributed by atoms with Crippen molar-refractivity contribution in [2.75, 3.05) is 34.4 Å². The lowest BCUT2D eigenvalue weighted by molar-refractivity contribution is -0.146. The van der Waals surface area contributed by atoms with Gasteiger partial charge in [0.05, 0.1) is 27.8 Å². The second kappa shape index (κ2) is 8.32. The number of hydrogen-bond donors (Lipinski definition) is 0. The van der Waals surface area contributed by atoms with E-state index in [1.165, 1.54) is 31.3 Å². The third-order valence-electron chi connectivity index (χ3n) is 3.79. The van der Waals surface area contributed by atoms with Gasteiger partial charge in [0.1, 0.15) is 5.56 Å². The number of amides is 2. The Balaban J connectivity index is 2.15. The monoisotopic (exact) mass is 351 g/mol. The molecule has 1 fully saturated rings. The van der Waals surface area contributed by atoms with Crippen molar-refractivity contribution in [1.82, 2.24) is 15.0 Å². The van der Waals surface area contributed by atoms with E-state index in [0.717, 1.165) is 0 Å². The molecule has 0 aliphatic carbocycles. The van der Waals surface area contributed by atoms with E-state index in [1.54, 1.807) is 12.1 Å². The molecule has 25 heavy (non-hydrogen) atoms. The normalized spacial score (nSPS) is 13.6. The van der Waals surface area contributed by atoms with E-state index in [4.69, 9.17) is 9.47 Å². The van der Waals surface area contributed by atoms with Crippen LogP contribution in [0.4, 0.5) is 0 Å². The van der Waals surface area contributed by atoms with Crippen LogP contribution in [0.1, 0.15) is 29.6 Å². The third kappa shape index (κ3) is 4.17. The van der Waals surface area contributed by atoms with Gasteiger partial charge >= 0.3 is 5.97 Å². The fourth-order valence-corrected chi connectivity index (χ4v) is 2.52. The maximum Gasteiger partial charge on any atom is 0.306 e. The molecule has 0 bridgehead atoms. The van der Waals surface area contributed by atoms with Crippen LogP contribution in [0.2, 0.25) is 0 Å². The molecule has 136 valence electrons. The summed E-state index contributed by atoms with van der Waals surface area (Å²) in [6.07, 6.45) is 0.608. The SMILES string of the molecule is COC(=O)CCC(=O)N1CCCN1C(=O)c1ccc(OC)nc1OC. The van der Waals surface area contributed by atoms with Crippen LogP contribution in [0.15, 0.2) is 12.1 Å². The molecule has 1 aliphatic heterocycles. The van der Waals surface area contributed by atoms with Gasteiger partial charge in [-0.25, -0.2) is 5.01 Å². The van der Waals surface area contributed by atoms with Gasteiger partial charge in [-0.1, -0.05) is 0 Å². The number of methoxy groups -OCH3 is 3. The van der Waals surface area contributed by atoms with Gasteiger partial charge in [0.25, 0.3) is 5.91 Å². The first-order valence-corrected chi connectivity index (χ1v) is 7.79. The highest BCUT2D eigenvalue weighted by Crippen LogP contribution is 2.24. The predicted molar refractivity (Wildman–Crippen MR) is 86.0 cm³/mol. The standard InChI is InChI=1S/C16H21N3O6/c1-23-12-6-5-11(15(17-12)25-3)16(22)19-10-4-9-18(19)13(20)7-8-14(21)24-2/h5-6H,4,7-10H2,1-3H3. The number of esters is 1. The van der Waals surface area contributed by atoms with Crippen LogP contribution in [-0.4, -0.2) is 67.2 Å². The van der Waals surface area contributed by atoms with E-state index >= 15 is 0 Å². The quantitative estimate of drug-likeness (QED) is 0.694. The highest BCUT2D eigenvalue weighted by atomic mass is 16.5. The van der Waals surface area contributed by atoms with E-state index in [9.17, 15) is 14.4 Å². The predicted octanol–water partition coefficient (Wildman–Crippen LogP) is 0.641. The number of pyridine rings is 1. The van der Waals surface area contributed by atoms with Crippen molar-refractivity contribution in [3.63, 3.8) is 0 Å². The van der Waals surface area contributed by atoms with Gasteiger partial charge in [-0.15, -0.1) is 0 Å². The molecule has 1 aliphatic rings. The molecule has 1 saturated heterocycles. The average Bonchev–Trinajstić information content (AvgIpc) is 3.14. The zero-order valence-corrected chi connectivity index (χ0v) is 14.5. The number of hydrogen-bond acceptors (Lipinski definition) is 7. The maximum atomic E-state index is 12.8. The summed E-state index contributed by atoms with van der Waals surface area (Å²) in [7, 11) is 4.13. The number of carbonyl (C=O) groups excluding carboxylic acids is 3. The molecule has 2 amide bonds. The minimum absolute atomic E-state index is 0.0194. The van der Waals surface area contributed by atoms with Gasteiger partial charge in [0.15, 0.2) is 0 Å². The molecule has 1 aromatic rings. The molecule has 9 heteroatoms. The second-order valence-corrected chi connectivity index (χ2v) is 5.29. The Bertz CT molecular complexity index is 663. The minimum Gasteiger partial charge on any atom is -0.481 e. The summed E-state index contributed by atoms with van der Waals surface area (Å²) in [6, 6.07) is 3.09. The molecule has 9 nitrogen and oxygen atoms in total. The molecular weight excluding hydrogens is 330 g/mol. The number of aromatic nitrogens is 1. The molecule has 0 radical (unpaired) electrons. The summed E-state index contributed by atoms with van der Waals surface area (Å²) in [5.74, 6) is -0.724. The number of nitrogens with zero attached hydrogens (tertiary/aromatic N) is 3. The highest BCUT2D eigenvalue weighted by molar-refractivity contribution is 5.97. The summed E-state index contributed by atoms with van der Waals surface area (Å²) in [4.78, 5) is 40.4. The van der Waals surface area contributed by atoms with E-state index in [2.05, 4.69) is 9.72 Å². The summed E-state index contributed by atoms with van der Waals surface area (Å²) in [5, 5.41) is 2.71. The highest BCUT2D eigenvalue weighted by Gasteiger charge is 2.33. The molecule has 2 heterocycles. The first-order chi connectivity index (χ1) is 12.0. The summed E-state index contributed by atoms with van der Waals surface area (Å²) >= 11 is 0. The van der Waals surface area contributed by atoms with Crippen molar-refractivity contribution in [3.8, 4) is 11.8 Å². The largest absolute Gasteiger partial charge is 0.481 e. The van der Waals surface area contributed by atoms with Crippen molar-refractivity contribution >= 4 is 17.8 Å². The molecule has 0 aromatic carbocycles. The zero-order valence-electron chi connectivity index (χ0n) is 14.5. The third-order valence-corrected chi connectivity index (χ3v) is 3.79. The lowest BCUT2D eigenvalue weighted by Crippen LogP contribution is -2.45. The van der Waals surface area contributed by atoms with Gasteiger partial charge < -0.3 is 14.2 Å². The van der Waals surface area contributed by atoms with Crippen molar-refractivity contribution in [1.29, 1.82) is 0 Å². The molecule has 0 unspecified atom stereocenters. The van der Waals surface area contributed by atoms with Crippen LogP contribution in [-0.2, 0) is 14.3 Å². The summed E-state index contributed by atoms with van der Waals surface area (Å²) in [6.45, 7) is 0.815. The summed E-state index contributed by atoms with van der Waals surface area (Å²) < 4.78 is 14.7. The van der Waals surface area contributed by atoms with Gasteiger partial charge in [-0.05, 0) is 12.5 Å². The number of rotatable bonds is 6. The Morgan fingerprint density at radius 3 is 2.40 bits per heavy atom. The van der Waals surface area contributed by atoms with Crippen LogP contribution in [0.25, 0.3) is 0 Å². The van der Waals surface area contributed by atoms with E-state index in [0.29, 0.717) is 25.4 Å². The number of hydrazine groups is 1. The Kier molecular flexibility index (Phi) is 6.15. The Morgan fingerprint density at radius 1 is 1.04 bits per heavy atom. The fraction of sp³-hybridized carbons (Fsp3) is 0.500. The minimum atomic E-state index is -0.466. The zero-order chi connectivity index (χ0) is 18.4. The average molecular weight is 351 g/mol. The molecule has 1 aromatic heterocycles. The van der Waals surface area contributed by atoms with Crippen molar-refractivity contribution in [3.05, 3.63) is 17.7 Å². The van der Waals surface area contributed by atoms with Crippen molar-refractivity contribution < 1.29 is 28.6 Å². The van der Waals surface area contributed by atoms with Gasteiger partial charge in [-0.3, -0.25) is 19.4 Å². The van der Waals surface area contributed by atoms with E-state index in [-0.39, 0.29) is 30.2 Å². The Morgan fingerprint density at radius 2 is 1.76 bits per heavy atom. The Hall–Kier alpha value is -2.84. The number of carbonyl (C=O) groups is 3. The van der Waals surface area contributed by atoms with Crippen LogP contribution in [0, 0.1) is 0 Å². The lowest BCUT2D eigenvalue weighted by Gasteiger charge is -2.28. The first-order valence-electron chi connectivity index (χ1n) is 7.79. The van der Waals surface area contributed by atoms with Crippen LogP contribution >= 0.6 is 0 Å². The molecule has 2 rings (SSSR count). The van der Waals surface area contributed by atoms with Gasteiger partial charge in [0, 0.05) is 25.6 Å². The lowest BCUT2D eigenvalue weighted by atomic mass is 10.2. The first kappa shape index (κ1) is 18.5. The molecular formula is C16H21N3O6.